The lowest BCUT2D eigenvalue weighted by atomic mass is 10.0. The molecule has 152 valence electrons. The fourth-order valence-corrected chi connectivity index (χ4v) is 3.44. The summed E-state index contributed by atoms with van der Waals surface area (Å²) in [6, 6.07) is 12.1. The van der Waals surface area contributed by atoms with E-state index in [4.69, 9.17) is 9.15 Å². The van der Waals surface area contributed by atoms with E-state index < -0.39 is 23.8 Å². The van der Waals surface area contributed by atoms with Crippen molar-refractivity contribution in [3.05, 3.63) is 59.7 Å². The van der Waals surface area contributed by atoms with Crippen LogP contribution in [0, 0.1) is 0 Å². The Morgan fingerprint density at radius 1 is 1.17 bits per heavy atom. The third kappa shape index (κ3) is 4.21. The molecule has 1 aromatic heterocycles. The van der Waals surface area contributed by atoms with Gasteiger partial charge in [-0.25, -0.2) is 4.79 Å². The van der Waals surface area contributed by atoms with E-state index in [2.05, 4.69) is 4.98 Å². The lowest BCUT2D eigenvalue weighted by Gasteiger charge is -2.32. The first-order chi connectivity index (χ1) is 13.9. The first kappa shape index (κ1) is 19.3. The van der Waals surface area contributed by atoms with Crippen LogP contribution in [0.15, 0.2) is 52.9 Å². The van der Waals surface area contributed by atoms with Gasteiger partial charge in [-0.3, -0.25) is 0 Å². The Morgan fingerprint density at radius 3 is 2.72 bits per heavy atom. The van der Waals surface area contributed by atoms with Crippen molar-refractivity contribution in [1.82, 2.24) is 4.98 Å². The van der Waals surface area contributed by atoms with Crippen LogP contribution in [0.5, 0.6) is 0 Å². The van der Waals surface area contributed by atoms with Gasteiger partial charge in [-0.15, -0.1) is 0 Å². The molecule has 5 nitrogen and oxygen atoms in total. The van der Waals surface area contributed by atoms with E-state index in [9.17, 15) is 18.0 Å². The third-order valence-electron chi connectivity index (χ3n) is 4.95. The maximum Gasteiger partial charge on any atom is 0.416 e. The van der Waals surface area contributed by atoms with Gasteiger partial charge in [0.25, 0.3) is 6.01 Å². The molecular formula is C21H19F3N2O3. The van der Waals surface area contributed by atoms with Crippen molar-refractivity contribution in [2.75, 3.05) is 11.4 Å². The Morgan fingerprint density at radius 2 is 1.97 bits per heavy atom. The Kier molecular flexibility index (Phi) is 5.17. The van der Waals surface area contributed by atoms with Crippen molar-refractivity contribution in [3.63, 3.8) is 0 Å². The summed E-state index contributed by atoms with van der Waals surface area (Å²) in [6.45, 7) is 0.677. The zero-order valence-corrected chi connectivity index (χ0v) is 15.5. The first-order valence-corrected chi connectivity index (χ1v) is 9.37. The van der Waals surface area contributed by atoms with Gasteiger partial charge in [0.15, 0.2) is 5.58 Å². The standard InChI is InChI=1S/C21H19F3N2O3/c22-21(23,24)15-9-10-18-16(12-15)25-20(29-18)26-11-5-4-8-17(26)19(27)28-13-14-6-2-1-3-7-14/h1-3,6-7,9-10,12,17H,4-5,8,11,13H2/t17-/m0/s1. The molecule has 1 atom stereocenters. The molecule has 0 saturated carbocycles. The number of rotatable bonds is 4. The highest BCUT2D eigenvalue weighted by Gasteiger charge is 2.34. The Hall–Kier alpha value is -3.03. The van der Waals surface area contributed by atoms with E-state index in [1.165, 1.54) is 6.07 Å². The quantitative estimate of drug-likeness (QED) is 0.576. The lowest BCUT2D eigenvalue weighted by molar-refractivity contribution is -0.147. The highest BCUT2D eigenvalue weighted by molar-refractivity contribution is 5.81. The van der Waals surface area contributed by atoms with Crippen LogP contribution < -0.4 is 4.90 Å². The molecule has 1 aliphatic heterocycles. The monoisotopic (exact) mass is 404 g/mol. The van der Waals surface area contributed by atoms with Gasteiger partial charge in [-0.05, 0) is 43.0 Å². The minimum Gasteiger partial charge on any atom is -0.459 e. The van der Waals surface area contributed by atoms with Crippen molar-refractivity contribution >= 4 is 23.1 Å². The molecule has 3 aromatic rings. The van der Waals surface area contributed by atoms with Crippen molar-refractivity contribution < 1.29 is 27.1 Å². The predicted octanol–water partition coefficient (Wildman–Crippen LogP) is 4.95. The van der Waals surface area contributed by atoms with Gasteiger partial charge < -0.3 is 14.1 Å². The molecule has 0 spiro atoms. The van der Waals surface area contributed by atoms with Crippen LogP contribution >= 0.6 is 0 Å². The number of benzene rings is 2. The largest absolute Gasteiger partial charge is 0.459 e. The molecular weight excluding hydrogens is 385 g/mol. The summed E-state index contributed by atoms with van der Waals surface area (Å²) < 4.78 is 49.9. The zero-order valence-electron chi connectivity index (χ0n) is 15.5. The normalized spacial score (nSPS) is 17.5. The lowest BCUT2D eigenvalue weighted by Crippen LogP contribution is -2.45. The molecule has 2 heterocycles. The number of piperidine rings is 1. The fourth-order valence-electron chi connectivity index (χ4n) is 3.44. The van der Waals surface area contributed by atoms with E-state index in [0.29, 0.717) is 13.0 Å². The maximum atomic E-state index is 12.9. The summed E-state index contributed by atoms with van der Waals surface area (Å²) in [5.41, 5.74) is 0.443. The Bertz CT molecular complexity index is 1000. The number of alkyl halides is 3. The smallest absolute Gasteiger partial charge is 0.416 e. The molecule has 4 rings (SSSR count). The van der Waals surface area contributed by atoms with E-state index >= 15 is 0 Å². The molecule has 1 saturated heterocycles. The van der Waals surface area contributed by atoms with Crippen LogP contribution in [-0.2, 0) is 22.3 Å². The van der Waals surface area contributed by atoms with Gasteiger partial charge in [0, 0.05) is 6.54 Å². The molecule has 8 heteroatoms. The number of ether oxygens (including phenoxy) is 1. The number of fused-ring (bicyclic) bond motifs is 1. The second-order valence-electron chi connectivity index (χ2n) is 6.97. The van der Waals surface area contributed by atoms with E-state index in [1.807, 2.05) is 30.3 Å². The molecule has 0 radical (unpaired) electrons. The molecule has 0 bridgehead atoms. The van der Waals surface area contributed by atoms with Crippen molar-refractivity contribution in [2.24, 2.45) is 0 Å². The van der Waals surface area contributed by atoms with Crippen molar-refractivity contribution in [1.29, 1.82) is 0 Å². The Labute approximate surface area is 165 Å². The van der Waals surface area contributed by atoms with Crippen LogP contribution in [0.2, 0.25) is 0 Å². The molecule has 0 amide bonds. The van der Waals surface area contributed by atoms with Gasteiger partial charge in [-0.2, -0.15) is 18.2 Å². The summed E-state index contributed by atoms with van der Waals surface area (Å²) >= 11 is 0. The average molecular weight is 404 g/mol. The van der Waals surface area contributed by atoms with E-state index in [0.717, 1.165) is 30.5 Å². The van der Waals surface area contributed by atoms with Crippen molar-refractivity contribution in [2.45, 2.75) is 38.1 Å². The second-order valence-corrected chi connectivity index (χ2v) is 6.97. The third-order valence-corrected chi connectivity index (χ3v) is 4.95. The van der Waals surface area contributed by atoms with Gasteiger partial charge in [0.2, 0.25) is 0 Å². The fraction of sp³-hybridized carbons (Fsp3) is 0.333. The minimum absolute atomic E-state index is 0.108. The number of esters is 1. The number of oxazole rings is 1. The number of hydrogen-bond acceptors (Lipinski definition) is 5. The molecule has 1 fully saturated rings. The summed E-state index contributed by atoms with van der Waals surface area (Å²) in [6.07, 6.45) is -2.21. The van der Waals surface area contributed by atoms with Crippen LogP contribution in [0.4, 0.5) is 19.2 Å². The molecule has 0 N–H and O–H groups in total. The Balaban J connectivity index is 1.54. The predicted molar refractivity (Wildman–Crippen MR) is 100 cm³/mol. The minimum atomic E-state index is -4.46. The van der Waals surface area contributed by atoms with Gasteiger partial charge in [0.1, 0.15) is 18.2 Å². The van der Waals surface area contributed by atoms with Gasteiger partial charge >= 0.3 is 12.1 Å². The number of hydrogen-bond donors (Lipinski definition) is 0. The topological polar surface area (TPSA) is 55.6 Å². The maximum absolute atomic E-state index is 12.9. The molecule has 0 aliphatic carbocycles. The molecule has 1 aliphatic rings. The van der Waals surface area contributed by atoms with Gasteiger partial charge in [-0.1, -0.05) is 30.3 Å². The van der Waals surface area contributed by atoms with Crippen LogP contribution in [0.25, 0.3) is 11.1 Å². The zero-order chi connectivity index (χ0) is 20.4. The highest BCUT2D eigenvalue weighted by atomic mass is 19.4. The van der Waals surface area contributed by atoms with E-state index in [-0.39, 0.29) is 23.7 Å². The average Bonchev–Trinajstić information content (AvgIpc) is 3.15. The van der Waals surface area contributed by atoms with Gasteiger partial charge in [0.05, 0.1) is 5.56 Å². The summed E-state index contributed by atoms with van der Waals surface area (Å²) in [4.78, 5) is 18.6. The highest BCUT2D eigenvalue weighted by Crippen LogP contribution is 2.33. The first-order valence-electron chi connectivity index (χ1n) is 9.37. The molecule has 2 aromatic carbocycles. The van der Waals surface area contributed by atoms with Crippen LogP contribution in [0.1, 0.15) is 30.4 Å². The number of carbonyl (C=O) groups excluding carboxylic acids is 1. The summed E-state index contributed by atoms with van der Waals surface area (Å²) in [7, 11) is 0. The van der Waals surface area contributed by atoms with Crippen molar-refractivity contribution in [3.8, 4) is 0 Å². The number of anilines is 1. The number of halogens is 3. The summed E-state index contributed by atoms with van der Waals surface area (Å²) in [5, 5.41) is 0. The van der Waals surface area contributed by atoms with E-state index in [1.54, 1.807) is 4.90 Å². The SMILES string of the molecule is O=C(OCc1ccccc1)[C@@H]1CCCCN1c1nc2cc(C(F)(F)F)ccc2o1. The van der Waals surface area contributed by atoms with Crippen LogP contribution in [-0.4, -0.2) is 23.5 Å². The molecule has 0 unspecified atom stereocenters. The summed E-state index contributed by atoms with van der Waals surface area (Å²) in [5.74, 6) is -0.396. The second kappa shape index (κ2) is 7.77. The molecule has 29 heavy (non-hydrogen) atoms. The number of aromatic nitrogens is 1. The number of carbonyl (C=O) groups is 1. The number of nitrogens with zero attached hydrogens (tertiary/aromatic N) is 2. The van der Waals surface area contributed by atoms with Crippen LogP contribution in [0.3, 0.4) is 0 Å².